The van der Waals surface area contributed by atoms with Crippen LogP contribution in [-0.2, 0) is 9.53 Å². The van der Waals surface area contributed by atoms with Gasteiger partial charge in [-0.05, 0) is 24.6 Å². The quantitative estimate of drug-likeness (QED) is 0.854. The maximum atomic E-state index is 10.9. The van der Waals surface area contributed by atoms with Gasteiger partial charge in [0, 0.05) is 10.5 Å². The zero-order valence-corrected chi connectivity index (χ0v) is 10.4. The molecular weight excluding hydrogens is 258 g/mol. The van der Waals surface area contributed by atoms with Crippen LogP contribution in [0.5, 0.6) is 0 Å². The van der Waals surface area contributed by atoms with Gasteiger partial charge in [0.05, 0.1) is 13.7 Å². The second-order valence-electron chi connectivity index (χ2n) is 3.23. The van der Waals surface area contributed by atoms with Gasteiger partial charge in [0.1, 0.15) is 0 Å². The predicted molar refractivity (Wildman–Crippen MR) is 62.6 cm³/mol. The lowest BCUT2D eigenvalue weighted by molar-refractivity contribution is -0.139. The number of hydrogen-bond acceptors (Lipinski definition) is 3. The van der Waals surface area contributed by atoms with Crippen LogP contribution in [0.25, 0.3) is 0 Å². The van der Waals surface area contributed by atoms with Crippen molar-refractivity contribution < 1.29 is 9.53 Å². The van der Waals surface area contributed by atoms with E-state index >= 15 is 0 Å². The Bertz CT molecular complexity index is 324. The third kappa shape index (κ3) is 4.01. The highest BCUT2D eigenvalue weighted by molar-refractivity contribution is 9.10. The van der Waals surface area contributed by atoms with Crippen molar-refractivity contribution in [3.8, 4) is 0 Å². The van der Waals surface area contributed by atoms with Gasteiger partial charge in [-0.3, -0.25) is 4.79 Å². The maximum absolute atomic E-state index is 10.9. The number of ether oxygens (including phenoxy) is 1. The Morgan fingerprint density at radius 1 is 1.47 bits per heavy atom. The fourth-order valence-corrected chi connectivity index (χ4v) is 1.44. The standard InChI is InChI=1S/C11H14BrNO2/c1-8(13-7-11(14)15-2)9-3-5-10(12)6-4-9/h3-6,8,13H,7H2,1-2H3/t8-/m1/s1. The van der Waals surface area contributed by atoms with E-state index in [2.05, 4.69) is 26.0 Å². The molecule has 0 aliphatic rings. The van der Waals surface area contributed by atoms with Crippen LogP contribution in [0.2, 0.25) is 0 Å². The van der Waals surface area contributed by atoms with Crippen LogP contribution in [0.15, 0.2) is 28.7 Å². The Morgan fingerprint density at radius 3 is 2.60 bits per heavy atom. The Kier molecular flexibility index (Phi) is 4.78. The van der Waals surface area contributed by atoms with E-state index in [1.165, 1.54) is 7.11 Å². The molecule has 1 aromatic rings. The summed E-state index contributed by atoms with van der Waals surface area (Å²) in [5.41, 5.74) is 1.14. The normalized spacial score (nSPS) is 12.2. The molecule has 0 fully saturated rings. The number of methoxy groups -OCH3 is 1. The van der Waals surface area contributed by atoms with E-state index in [-0.39, 0.29) is 18.6 Å². The Balaban J connectivity index is 2.50. The van der Waals surface area contributed by atoms with E-state index in [0.29, 0.717) is 0 Å². The Labute approximate surface area is 97.9 Å². The number of nitrogens with one attached hydrogen (secondary N) is 1. The highest BCUT2D eigenvalue weighted by atomic mass is 79.9. The van der Waals surface area contributed by atoms with Crippen molar-refractivity contribution in [2.45, 2.75) is 13.0 Å². The first kappa shape index (κ1) is 12.2. The molecule has 0 radical (unpaired) electrons. The van der Waals surface area contributed by atoms with Crippen LogP contribution in [0, 0.1) is 0 Å². The number of halogens is 1. The summed E-state index contributed by atoms with van der Waals surface area (Å²) >= 11 is 3.37. The number of carbonyl (C=O) groups excluding carboxylic acids is 1. The van der Waals surface area contributed by atoms with Crippen molar-refractivity contribution in [1.82, 2.24) is 5.32 Å². The summed E-state index contributed by atoms with van der Waals surface area (Å²) in [6.45, 7) is 2.24. The largest absolute Gasteiger partial charge is 0.468 e. The predicted octanol–water partition coefficient (Wildman–Crippen LogP) is 2.27. The fraction of sp³-hybridized carbons (Fsp3) is 0.364. The van der Waals surface area contributed by atoms with Crippen molar-refractivity contribution in [1.29, 1.82) is 0 Å². The second-order valence-corrected chi connectivity index (χ2v) is 4.15. The summed E-state index contributed by atoms with van der Waals surface area (Å²) in [6.07, 6.45) is 0. The first-order chi connectivity index (χ1) is 7.13. The molecule has 0 saturated heterocycles. The van der Waals surface area contributed by atoms with Gasteiger partial charge < -0.3 is 10.1 Å². The summed E-state index contributed by atoms with van der Waals surface area (Å²) in [7, 11) is 1.38. The van der Waals surface area contributed by atoms with E-state index < -0.39 is 0 Å². The second kappa shape index (κ2) is 5.88. The van der Waals surface area contributed by atoms with Crippen molar-refractivity contribution in [2.24, 2.45) is 0 Å². The average molecular weight is 272 g/mol. The monoisotopic (exact) mass is 271 g/mol. The lowest BCUT2D eigenvalue weighted by atomic mass is 10.1. The number of carbonyl (C=O) groups is 1. The zero-order chi connectivity index (χ0) is 11.3. The van der Waals surface area contributed by atoms with Gasteiger partial charge in [0.15, 0.2) is 0 Å². The highest BCUT2D eigenvalue weighted by Gasteiger charge is 2.06. The molecule has 0 spiro atoms. The summed E-state index contributed by atoms with van der Waals surface area (Å²) in [4.78, 5) is 10.9. The molecule has 82 valence electrons. The molecule has 1 aromatic carbocycles. The van der Waals surface area contributed by atoms with Crippen LogP contribution in [0.4, 0.5) is 0 Å². The van der Waals surface area contributed by atoms with Crippen molar-refractivity contribution in [2.75, 3.05) is 13.7 Å². The first-order valence-corrected chi connectivity index (χ1v) is 5.48. The van der Waals surface area contributed by atoms with E-state index in [1.54, 1.807) is 0 Å². The van der Waals surface area contributed by atoms with Crippen molar-refractivity contribution in [3.05, 3.63) is 34.3 Å². The Morgan fingerprint density at radius 2 is 2.07 bits per heavy atom. The number of rotatable bonds is 4. The molecule has 3 nitrogen and oxygen atoms in total. The third-order valence-electron chi connectivity index (χ3n) is 2.15. The molecule has 1 rings (SSSR count). The molecule has 0 aliphatic carbocycles. The molecular formula is C11H14BrNO2. The van der Waals surface area contributed by atoms with Crippen LogP contribution in [-0.4, -0.2) is 19.6 Å². The molecule has 15 heavy (non-hydrogen) atoms. The number of hydrogen-bond donors (Lipinski definition) is 1. The minimum Gasteiger partial charge on any atom is -0.468 e. The van der Waals surface area contributed by atoms with Gasteiger partial charge in [0.25, 0.3) is 0 Å². The van der Waals surface area contributed by atoms with E-state index in [1.807, 2.05) is 31.2 Å². The molecule has 1 N–H and O–H groups in total. The van der Waals surface area contributed by atoms with E-state index in [4.69, 9.17) is 0 Å². The van der Waals surface area contributed by atoms with Crippen molar-refractivity contribution in [3.63, 3.8) is 0 Å². The minimum atomic E-state index is -0.251. The van der Waals surface area contributed by atoms with Crippen LogP contribution in [0.3, 0.4) is 0 Å². The van der Waals surface area contributed by atoms with Crippen molar-refractivity contribution >= 4 is 21.9 Å². The molecule has 0 amide bonds. The molecule has 1 atom stereocenters. The van der Waals surface area contributed by atoms with Gasteiger partial charge in [0.2, 0.25) is 0 Å². The number of benzene rings is 1. The highest BCUT2D eigenvalue weighted by Crippen LogP contribution is 2.16. The van der Waals surface area contributed by atoms with Gasteiger partial charge in [-0.25, -0.2) is 0 Å². The summed E-state index contributed by atoms with van der Waals surface area (Å²) in [6, 6.07) is 8.12. The lowest BCUT2D eigenvalue weighted by Gasteiger charge is -2.13. The average Bonchev–Trinajstić information content (AvgIpc) is 2.26. The summed E-state index contributed by atoms with van der Waals surface area (Å²) in [5.74, 6) is -0.251. The Hall–Kier alpha value is -0.870. The summed E-state index contributed by atoms with van der Waals surface area (Å²) < 4.78 is 5.59. The first-order valence-electron chi connectivity index (χ1n) is 4.69. The molecule has 0 unspecified atom stereocenters. The van der Waals surface area contributed by atoms with Crippen LogP contribution in [0.1, 0.15) is 18.5 Å². The zero-order valence-electron chi connectivity index (χ0n) is 8.79. The molecule has 0 saturated carbocycles. The van der Waals surface area contributed by atoms with Gasteiger partial charge >= 0.3 is 5.97 Å². The van der Waals surface area contributed by atoms with Crippen LogP contribution < -0.4 is 5.32 Å². The lowest BCUT2D eigenvalue weighted by Crippen LogP contribution is -2.26. The maximum Gasteiger partial charge on any atom is 0.319 e. The van der Waals surface area contributed by atoms with E-state index in [9.17, 15) is 4.79 Å². The summed E-state index contributed by atoms with van der Waals surface area (Å²) in [5, 5.41) is 3.08. The van der Waals surface area contributed by atoms with Gasteiger partial charge in [-0.15, -0.1) is 0 Å². The molecule has 4 heteroatoms. The van der Waals surface area contributed by atoms with Gasteiger partial charge in [-0.1, -0.05) is 28.1 Å². The van der Waals surface area contributed by atoms with Crippen LogP contribution >= 0.6 is 15.9 Å². The molecule has 0 heterocycles. The molecule has 0 aliphatic heterocycles. The molecule has 0 bridgehead atoms. The fourth-order valence-electron chi connectivity index (χ4n) is 1.18. The van der Waals surface area contributed by atoms with Gasteiger partial charge in [-0.2, -0.15) is 0 Å². The topological polar surface area (TPSA) is 38.3 Å². The minimum absolute atomic E-state index is 0.136. The SMILES string of the molecule is COC(=O)CN[C@H](C)c1ccc(Br)cc1. The molecule has 0 aromatic heterocycles. The number of esters is 1. The van der Waals surface area contributed by atoms with E-state index in [0.717, 1.165) is 10.0 Å². The smallest absolute Gasteiger partial charge is 0.319 e. The third-order valence-corrected chi connectivity index (χ3v) is 2.68.